The number of hydrogen-bond acceptors (Lipinski definition) is 8. The van der Waals surface area contributed by atoms with Gasteiger partial charge in [0.1, 0.15) is 11.5 Å². The number of nitrogens with zero attached hydrogens (tertiary/aromatic N) is 1. The fraction of sp³-hybridized carbons (Fsp3) is 0.444. The van der Waals surface area contributed by atoms with Crippen LogP contribution in [0.15, 0.2) is 115 Å². The highest BCUT2D eigenvalue weighted by Gasteiger charge is 2.74. The van der Waals surface area contributed by atoms with Gasteiger partial charge in [0.2, 0.25) is 5.91 Å². The van der Waals surface area contributed by atoms with Crippen LogP contribution in [0.1, 0.15) is 80.3 Å². The van der Waals surface area contributed by atoms with Gasteiger partial charge in [-0.05, 0) is 103 Å². The molecular weight excluding hydrogens is 791 g/mol. The Morgan fingerprint density at radius 2 is 1.40 bits per heavy atom. The van der Waals surface area contributed by atoms with Crippen LogP contribution in [0.5, 0.6) is 23.0 Å². The molecule has 0 aromatic heterocycles. The first-order valence-electron chi connectivity index (χ1n) is 22.5. The average Bonchev–Trinajstić information content (AvgIpc) is 3.58. The number of benzene rings is 4. The molecule has 10 rings (SSSR count). The molecule has 4 aromatic carbocycles. The van der Waals surface area contributed by atoms with Crippen LogP contribution in [0, 0.1) is 33.5 Å². The highest BCUT2D eigenvalue weighted by molar-refractivity contribution is 6.10. The van der Waals surface area contributed by atoms with Crippen LogP contribution < -0.4 is 18.9 Å². The molecule has 6 aliphatic carbocycles. The fourth-order valence-corrected chi connectivity index (χ4v) is 13.2. The molecule has 1 unspecified atom stereocenters. The topological polar surface area (TPSA) is 115 Å². The monoisotopic (exact) mass is 851 g/mol. The van der Waals surface area contributed by atoms with Gasteiger partial charge in [-0.1, -0.05) is 92.7 Å². The van der Waals surface area contributed by atoms with Gasteiger partial charge in [0, 0.05) is 45.6 Å². The third-order valence-corrected chi connectivity index (χ3v) is 16.7. The van der Waals surface area contributed by atoms with Crippen molar-refractivity contribution in [3.8, 4) is 34.1 Å². The summed E-state index contributed by atoms with van der Waals surface area (Å²) in [6, 6.07) is 29.3. The number of aliphatic hydroxyl groups is 2. The van der Waals surface area contributed by atoms with Crippen molar-refractivity contribution in [2.75, 3.05) is 35.0 Å². The molecule has 330 valence electrons. The molecule has 9 nitrogen and oxygen atoms in total. The first-order valence-corrected chi connectivity index (χ1v) is 22.5. The van der Waals surface area contributed by atoms with Gasteiger partial charge >= 0.3 is 0 Å². The third-order valence-electron chi connectivity index (χ3n) is 16.7. The van der Waals surface area contributed by atoms with E-state index >= 15 is 4.79 Å². The number of aliphatic hydroxyl groups excluding tert-OH is 1. The van der Waals surface area contributed by atoms with E-state index in [1.165, 1.54) is 0 Å². The molecule has 2 bridgehead atoms. The van der Waals surface area contributed by atoms with E-state index in [0.717, 1.165) is 53.5 Å². The zero-order valence-electron chi connectivity index (χ0n) is 37.5. The van der Waals surface area contributed by atoms with Crippen molar-refractivity contribution in [1.29, 1.82) is 0 Å². The smallest absolute Gasteiger partial charge is 0.227 e. The van der Waals surface area contributed by atoms with Gasteiger partial charge in [-0.2, -0.15) is 0 Å². The van der Waals surface area contributed by atoms with Crippen molar-refractivity contribution in [2.24, 2.45) is 33.5 Å². The molecule has 0 heterocycles. The molecule has 0 saturated heterocycles. The number of Topliss-reactive ketones (excluding diaryl/α,β-unsaturated/α-hetero) is 1. The lowest BCUT2D eigenvalue weighted by molar-refractivity contribution is -0.178. The van der Waals surface area contributed by atoms with Gasteiger partial charge in [-0.3, -0.25) is 9.59 Å². The summed E-state index contributed by atoms with van der Waals surface area (Å²) in [6.45, 7) is 4.93. The van der Waals surface area contributed by atoms with Crippen molar-refractivity contribution in [3.05, 3.63) is 131 Å². The molecular formula is C54H61NO8. The van der Waals surface area contributed by atoms with Crippen molar-refractivity contribution in [2.45, 2.75) is 83.5 Å². The first kappa shape index (κ1) is 42.9. The largest absolute Gasteiger partial charge is 0.497 e. The molecule has 2 spiro atoms. The van der Waals surface area contributed by atoms with E-state index in [4.69, 9.17) is 18.9 Å². The molecule has 0 aliphatic heterocycles. The van der Waals surface area contributed by atoms with E-state index in [1.807, 2.05) is 72.8 Å². The highest BCUT2D eigenvalue weighted by Crippen LogP contribution is 2.78. The molecule has 4 aromatic rings. The highest BCUT2D eigenvalue weighted by atomic mass is 16.5. The molecule has 6 aliphatic rings. The number of ether oxygens (including phenoxy) is 4. The number of amides is 1. The fourth-order valence-electron chi connectivity index (χ4n) is 13.2. The van der Waals surface area contributed by atoms with E-state index in [-0.39, 0.29) is 48.5 Å². The predicted molar refractivity (Wildman–Crippen MR) is 243 cm³/mol. The number of methoxy groups -OCH3 is 4. The van der Waals surface area contributed by atoms with Gasteiger partial charge in [0.05, 0.1) is 53.1 Å². The molecule has 8 atom stereocenters. The Labute approximate surface area is 371 Å². The van der Waals surface area contributed by atoms with Crippen LogP contribution in [0.25, 0.3) is 11.1 Å². The van der Waals surface area contributed by atoms with Gasteiger partial charge in [-0.15, -0.1) is 0 Å². The minimum Gasteiger partial charge on any atom is -0.497 e. The van der Waals surface area contributed by atoms with Crippen LogP contribution in [0.2, 0.25) is 0 Å². The third kappa shape index (κ3) is 6.71. The van der Waals surface area contributed by atoms with E-state index in [2.05, 4.69) is 44.2 Å². The zero-order chi connectivity index (χ0) is 44.4. The maximum absolute atomic E-state index is 15.3. The quantitative estimate of drug-likeness (QED) is 0.101. The Kier molecular flexibility index (Phi) is 10.9. The molecule has 3 saturated carbocycles. The number of ketones is 1. The minimum atomic E-state index is -1.28. The van der Waals surface area contributed by atoms with Crippen LogP contribution in [0.4, 0.5) is 0 Å². The Balaban J connectivity index is 1.10. The Bertz CT molecular complexity index is 2460. The van der Waals surface area contributed by atoms with Gasteiger partial charge in [-0.25, -0.2) is 0 Å². The second-order valence-corrected chi connectivity index (χ2v) is 19.4. The maximum Gasteiger partial charge on any atom is 0.227 e. The Morgan fingerprint density at radius 1 is 0.714 bits per heavy atom. The zero-order valence-corrected chi connectivity index (χ0v) is 37.5. The SMILES string of the molecule is COc1ccc(CN(C[C@]2(O)CC[C@H]3[C@]45C=C[C@@]6(C=C4C(=O)c4ccc(-c7ccccc7)cc4)CC(O)CC[C@]6(C)[C@H]5CC[C@@]32C)C(=O)Cc2ccc(OC)c(OC)c2)c(OC)c1. The Hall–Kier alpha value is -5.38. The average molecular weight is 852 g/mol. The summed E-state index contributed by atoms with van der Waals surface area (Å²) in [6.07, 6.45) is 11.5. The number of carbonyl (C=O) groups is 2. The summed E-state index contributed by atoms with van der Waals surface area (Å²) in [5.41, 5.74) is 1.96. The van der Waals surface area contributed by atoms with E-state index < -0.39 is 27.9 Å². The van der Waals surface area contributed by atoms with E-state index in [0.29, 0.717) is 47.8 Å². The molecule has 0 radical (unpaired) electrons. The number of allylic oxidation sites excluding steroid dienone is 4. The molecule has 9 heteroatoms. The Morgan fingerprint density at radius 3 is 2.11 bits per heavy atom. The summed E-state index contributed by atoms with van der Waals surface area (Å²) in [5, 5.41) is 24.7. The second kappa shape index (κ2) is 16.0. The lowest BCUT2D eigenvalue weighted by atomic mass is 9.32. The van der Waals surface area contributed by atoms with Gasteiger partial charge in [0.25, 0.3) is 0 Å². The summed E-state index contributed by atoms with van der Waals surface area (Å²) in [4.78, 5) is 31.9. The summed E-state index contributed by atoms with van der Waals surface area (Å²) in [5.74, 6) is 2.28. The van der Waals surface area contributed by atoms with E-state index in [9.17, 15) is 15.0 Å². The number of carbonyl (C=O) groups excluding carboxylic acids is 2. The van der Waals surface area contributed by atoms with Crippen LogP contribution in [-0.4, -0.2) is 73.5 Å². The van der Waals surface area contributed by atoms with Gasteiger partial charge < -0.3 is 34.1 Å². The van der Waals surface area contributed by atoms with E-state index in [1.54, 1.807) is 39.4 Å². The molecule has 63 heavy (non-hydrogen) atoms. The summed E-state index contributed by atoms with van der Waals surface area (Å²) in [7, 11) is 6.38. The molecule has 2 N–H and O–H groups in total. The normalized spacial score (nSPS) is 31.2. The molecule has 3 fully saturated rings. The minimum absolute atomic E-state index is 0.0171. The summed E-state index contributed by atoms with van der Waals surface area (Å²) < 4.78 is 22.4. The molecule has 1 amide bonds. The van der Waals surface area contributed by atoms with Crippen molar-refractivity contribution in [1.82, 2.24) is 4.90 Å². The van der Waals surface area contributed by atoms with Gasteiger partial charge in [0.15, 0.2) is 17.3 Å². The lowest BCUT2D eigenvalue weighted by Gasteiger charge is -2.71. The van der Waals surface area contributed by atoms with Crippen LogP contribution in [0.3, 0.4) is 0 Å². The van der Waals surface area contributed by atoms with Crippen LogP contribution in [-0.2, 0) is 17.8 Å². The predicted octanol–water partition coefficient (Wildman–Crippen LogP) is 9.43. The van der Waals surface area contributed by atoms with Crippen molar-refractivity contribution < 1.29 is 38.7 Å². The standard InChI is InChI=1S/C54H61NO8/c1-50-23-20-40(56)31-52(50)26-27-54(42(32-52)49(58)38-15-13-37(14-16-38)36-10-8-7-9-11-36)46(50)21-24-51(2)47(54)22-25-53(51,59)34-55(33-39-17-18-41(60-3)30-44(39)62-5)48(57)29-35-12-19-43(61-4)45(28-35)63-6/h7-19,26-28,30,32,40,46-47,56,59H,20-25,29,31,33-34H2,1-6H3/t40?,46-,47-,50-,51+,52+,53-,54-/m1/s1. The first-order chi connectivity index (χ1) is 30.3. The van der Waals surface area contributed by atoms with Crippen LogP contribution >= 0.6 is 0 Å². The second-order valence-electron chi connectivity index (χ2n) is 19.4. The number of rotatable bonds is 13. The number of fused-ring (bicyclic) bond motifs is 1. The maximum atomic E-state index is 15.3. The van der Waals surface area contributed by atoms with Crippen molar-refractivity contribution >= 4 is 11.7 Å². The summed E-state index contributed by atoms with van der Waals surface area (Å²) >= 11 is 0. The van der Waals surface area contributed by atoms with Crippen molar-refractivity contribution in [3.63, 3.8) is 0 Å². The number of hydrogen-bond donors (Lipinski definition) is 2. The lowest BCUT2D eigenvalue weighted by Crippen LogP contribution is -2.67.